The Labute approximate surface area is 227 Å². The molecule has 2 bridgehead atoms. The summed E-state index contributed by atoms with van der Waals surface area (Å²) in [6.45, 7) is 6.55. The van der Waals surface area contributed by atoms with Gasteiger partial charge in [0.1, 0.15) is 11.4 Å². The van der Waals surface area contributed by atoms with E-state index in [2.05, 4.69) is 21.3 Å². The zero-order chi connectivity index (χ0) is 26.8. The molecule has 1 aliphatic heterocycles. The molecular weight excluding hydrogens is 519 g/mol. The van der Waals surface area contributed by atoms with Gasteiger partial charge in [-0.25, -0.2) is 4.79 Å². The lowest BCUT2D eigenvalue weighted by Gasteiger charge is -2.41. The lowest BCUT2D eigenvalue weighted by atomic mass is 9.76. The van der Waals surface area contributed by atoms with Gasteiger partial charge in [0.05, 0.1) is 16.1 Å². The minimum Gasteiger partial charge on any atom is -0.484 e. The Balaban J connectivity index is 1.19. The topological polar surface area (TPSA) is 118 Å². The predicted molar refractivity (Wildman–Crippen MR) is 141 cm³/mol. The number of hydrogen-bond acceptors (Lipinski definition) is 6. The summed E-state index contributed by atoms with van der Waals surface area (Å²) in [4.78, 5) is 37.5. The molecule has 0 radical (unpaired) electrons. The number of hydrogen-bond donors (Lipinski definition) is 4. The number of nitrogens with one attached hydrogen (secondary N) is 4. The number of amides is 3. The highest BCUT2D eigenvalue weighted by Gasteiger charge is 2.57. The van der Waals surface area contributed by atoms with E-state index in [0.29, 0.717) is 47.6 Å². The largest absolute Gasteiger partial charge is 0.484 e. The van der Waals surface area contributed by atoms with Crippen LogP contribution in [-0.2, 0) is 14.3 Å². The maximum atomic E-state index is 13.1. The van der Waals surface area contributed by atoms with E-state index in [0.717, 1.165) is 19.3 Å². The molecule has 4 fully saturated rings. The normalized spacial score (nSPS) is 28.6. The summed E-state index contributed by atoms with van der Waals surface area (Å²) in [5.41, 5.74) is -0.815. The summed E-state index contributed by atoms with van der Waals surface area (Å²) in [5.74, 6) is 0.792. The van der Waals surface area contributed by atoms with Gasteiger partial charge in [0.25, 0.3) is 5.91 Å². The first-order valence-electron chi connectivity index (χ1n) is 12.8. The molecular formula is C26H36Cl2N4O5. The number of fused-ring (bicyclic) bond motifs is 1. The predicted octanol–water partition coefficient (Wildman–Crippen LogP) is 3.42. The van der Waals surface area contributed by atoms with Gasteiger partial charge in [-0.1, -0.05) is 23.2 Å². The van der Waals surface area contributed by atoms with Gasteiger partial charge in [0, 0.05) is 24.2 Å². The average molecular weight is 556 g/mol. The van der Waals surface area contributed by atoms with Crippen LogP contribution in [0.1, 0.15) is 52.9 Å². The molecule has 9 nitrogen and oxygen atoms in total. The summed E-state index contributed by atoms with van der Waals surface area (Å²) in [5, 5.41) is 13.2. The molecule has 204 valence electrons. The number of piperidine rings is 1. The van der Waals surface area contributed by atoms with E-state index in [9.17, 15) is 14.4 Å². The van der Waals surface area contributed by atoms with Crippen molar-refractivity contribution in [3.05, 3.63) is 28.2 Å². The Kier molecular flexibility index (Phi) is 8.45. The fourth-order valence-electron chi connectivity index (χ4n) is 5.54. The molecule has 1 aromatic carbocycles. The summed E-state index contributed by atoms with van der Waals surface area (Å²) >= 11 is 11.9. The van der Waals surface area contributed by atoms with Crippen molar-refractivity contribution in [1.82, 2.24) is 21.3 Å². The van der Waals surface area contributed by atoms with Crippen molar-refractivity contribution in [3.63, 3.8) is 0 Å². The molecule has 1 saturated heterocycles. The van der Waals surface area contributed by atoms with Crippen LogP contribution in [0.4, 0.5) is 4.79 Å². The minimum atomic E-state index is -0.544. The zero-order valence-corrected chi connectivity index (χ0v) is 23.0. The number of benzene rings is 1. The van der Waals surface area contributed by atoms with Crippen molar-refractivity contribution in [3.8, 4) is 5.75 Å². The number of rotatable bonds is 8. The van der Waals surface area contributed by atoms with Crippen molar-refractivity contribution in [2.45, 2.75) is 76.1 Å². The van der Waals surface area contributed by atoms with Crippen LogP contribution < -0.4 is 26.0 Å². The Hall–Kier alpha value is -2.23. The quantitative estimate of drug-likeness (QED) is 0.391. The molecule has 37 heavy (non-hydrogen) atoms. The van der Waals surface area contributed by atoms with Crippen molar-refractivity contribution < 1.29 is 23.9 Å². The van der Waals surface area contributed by atoms with Gasteiger partial charge in [-0.15, -0.1) is 0 Å². The van der Waals surface area contributed by atoms with Crippen LogP contribution in [0.5, 0.6) is 5.75 Å². The molecule has 5 rings (SSSR count). The van der Waals surface area contributed by atoms with Crippen LogP contribution in [0.25, 0.3) is 0 Å². The molecule has 4 aliphatic rings. The number of alkyl carbamates (subject to hydrolysis) is 1. The van der Waals surface area contributed by atoms with E-state index in [-0.39, 0.29) is 42.0 Å². The molecule has 11 heteroatoms. The zero-order valence-electron chi connectivity index (χ0n) is 21.5. The SMILES string of the molecule is CC(C)(C)OC(=O)NCC1CCNC(C(=O)NC23CC(C2)[C@@H](NC(=O)COc2ccc(Cl)c(Cl)c2)C3)C1. The first-order chi connectivity index (χ1) is 17.4. The van der Waals surface area contributed by atoms with Gasteiger partial charge in [-0.3, -0.25) is 9.59 Å². The fraction of sp³-hybridized carbons (Fsp3) is 0.654. The monoisotopic (exact) mass is 554 g/mol. The third kappa shape index (κ3) is 7.42. The summed E-state index contributed by atoms with van der Waals surface area (Å²) in [6.07, 6.45) is 3.51. The third-order valence-electron chi connectivity index (χ3n) is 7.24. The number of halogens is 2. The third-order valence-corrected chi connectivity index (χ3v) is 7.98. The molecule has 3 saturated carbocycles. The highest BCUT2D eigenvalue weighted by molar-refractivity contribution is 6.42. The molecule has 0 aromatic heterocycles. The number of carbonyl (C=O) groups excluding carboxylic acids is 3. The second-order valence-electron chi connectivity index (χ2n) is 11.5. The van der Waals surface area contributed by atoms with E-state index in [4.69, 9.17) is 32.7 Å². The average Bonchev–Trinajstić information content (AvgIpc) is 3.31. The van der Waals surface area contributed by atoms with Gasteiger partial charge in [-0.2, -0.15) is 0 Å². The van der Waals surface area contributed by atoms with E-state index < -0.39 is 11.7 Å². The highest BCUT2D eigenvalue weighted by Crippen LogP contribution is 2.52. The van der Waals surface area contributed by atoms with E-state index in [1.54, 1.807) is 18.2 Å². The molecule has 2 unspecified atom stereocenters. The molecule has 3 atom stereocenters. The smallest absolute Gasteiger partial charge is 0.407 e. The van der Waals surface area contributed by atoms with Crippen LogP contribution in [-0.4, -0.2) is 60.8 Å². The molecule has 1 aromatic rings. The van der Waals surface area contributed by atoms with Gasteiger partial charge in [0.15, 0.2) is 6.61 Å². The Morgan fingerprint density at radius 1 is 1.14 bits per heavy atom. The van der Waals surface area contributed by atoms with Gasteiger partial charge in [0.2, 0.25) is 5.91 Å². The van der Waals surface area contributed by atoms with Gasteiger partial charge < -0.3 is 30.7 Å². The molecule has 0 spiro atoms. The fourth-order valence-corrected chi connectivity index (χ4v) is 5.83. The van der Waals surface area contributed by atoms with Crippen molar-refractivity contribution in [2.24, 2.45) is 11.8 Å². The molecule has 3 aliphatic carbocycles. The van der Waals surface area contributed by atoms with Crippen molar-refractivity contribution in [2.75, 3.05) is 19.7 Å². The van der Waals surface area contributed by atoms with E-state index >= 15 is 0 Å². The van der Waals surface area contributed by atoms with Gasteiger partial charge >= 0.3 is 6.09 Å². The molecule has 4 N–H and O–H groups in total. The molecule has 3 amide bonds. The first kappa shape index (κ1) is 27.8. The van der Waals surface area contributed by atoms with Crippen LogP contribution in [0, 0.1) is 11.8 Å². The summed E-state index contributed by atoms with van der Waals surface area (Å²) in [6, 6.07) is 4.56. The highest BCUT2D eigenvalue weighted by atomic mass is 35.5. The maximum absolute atomic E-state index is 13.1. The van der Waals surface area contributed by atoms with E-state index in [1.807, 2.05) is 20.8 Å². The maximum Gasteiger partial charge on any atom is 0.407 e. The number of carbonyl (C=O) groups is 3. The molecule has 1 heterocycles. The lowest BCUT2D eigenvalue weighted by Crippen LogP contribution is -2.58. The lowest BCUT2D eigenvalue weighted by molar-refractivity contribution is -0.127. The Morgan fingerprint density at radius 3 is 2.59 bits per heavy atom. The Morgan fingerprint density at radius 2 is 1.89 bits per heavy atom. The van der Waals surface area contributed by atoms with Crippen LogP contribution >= 0.6 is 23.2 Å². The van der Waals surface area contributed by atoms with E-state index in [1.165, 1.54) is 0 Å². The number of ether oxygens (including phenoxy) is 2. The van der Waals surface area contributed by atoms with Gasteiger partial charge in [-0.05, 0) is 83.4 Å². The second kappa shape index (κ2) is 11.3. The Bertz CT molecular complexity index is 1020. The first-order valence-corrected chi connectivity index (χ1v) is 13.6. The van der Waals surface area contributed by atoms with Crippen molar-refractivity contribution >= 4 is 41.1 Å². The summed E-state index contributed by atoms with van der Waals surface area (Å²) in [7, 11) is 0. The van der Waals surface area contributed by atoms with Crippen molar-refractivity contribution in [1.29, 1.82) is 0 Å². The minimum absolute atomic E-state index is 0.00954. The summed E-state index contributed by atoms with van der Waals surface area (Å²) < 4.78 is 10.8. The van der Waals surface area contributed by atoms with Crippen LogP contribution in [0.3, 0.4) is 0 Å². The standard InChI is InChI=1S/C26H36Cl2N4O5/c1-25(2,3)37-24(35)30-13-15-6-7-29-20(8-15)23(34)32-26-10-16(11-26)21(12-26)31-22(33)14-36-17-4-5-18(27)19(28)9-17/h4-5,9,15-16,20-21,29H,6-8,10-14H2,1-3H3,(H,30,35)(H,31,33)(H,32,34)/t15?,16?,20?,21-,26?/m0/s1. The second-order valence-corrected chi connectivity index (χ2v) is 12.3. The van der Waals surface area contributed by atoms with Crippen LogP contribution in [0.15, 0.2) is 18.2 Å². The van der Waals surface area contributed by atoms with Crippen LogP contribution in [0.2, 0.25) is 10.0 Å².